The van der Waals surface area contributed by atoms with Gasteiger partial charge in [-0.1, -0.05) is 6.07 Å². The molecule has 0 unspecified atom stereocenters. The highest BCUT2D eigenvalue weighted by molar-refractivity contribution is 7.85. The quantitative estimate of drug-likeness (QED) is 0.287. The maximum Gasteiger partial charge on any atom is 0.417 e. The third-order valence-electron chi connectivity index (χ3n) is 4.25. The first-order valence-corrected chi connectivity index (χ1v) is 10.4. The lowest BCUT2D eigenvalue weighted by Crippen LogP contribution is -2.36. The van der Waals surface area contributed by atoms with E-state index in [9.17, 15) is 39.9 Å². The van der Waals surface area contributed by atoms with Gasteiger partial charge in [0.15, 0.2) is 0 Å². The van der Waals surface area contributed by atoms with Gasteiger partial charge in [-0.15, -0.1) is 0 Å². The predicted octanol–water partition coefficient (Wildman–Crippen LogP) is 2.57. The largest absolute Gasteiger partial charge is 0.859 e. The van der Waals surface area contributed by atoms with Gasteiger partial charge in [-0.3, -0.25) is 4.55 Å². The number of nitrogens with zero attached hydrogens (tertiary/aromatic N) is 2. The molecule has 0 radical (unpaired) electrons. The smallest absolute Gasteiger partial charge is 0.417 e. The average molecular weight is 500 g/mol. The van der Waals surface area contributed by atoms with Gasteiger partial charge in [0, 0.05) is 13.1 Å². The summed E-state index contributed by atoms with van der Waals surface area (Å²) in [6.45, 7) is 2.75. The molecule has 1 aromatic carbocycles. The van der Waals surface area contributed by atoms with Crippen LogP contribution in [0.5, 0.6) is 0 Å². The molecule has 2 N–H and O–H groups in total. The second kappa shape index (κ2) is 9.93. The van der Waals surface area contributed by atoms with Crippen molar-refractivity contribution in [2.45, 2.75) is 17.2 Å². The summed E-state index contributed by atoms with van der Waals surface area (Å²) >= 11 is 0. The van der Waals surface area contributed by atoms with E-state index in [1.807, 2.05) is 4.90 Å². The number of rotatable bonds is 3. The molecule has 2 aromatic rings. The van der Waals surface area contributed by atoms with Gasteiger partial charge < -0.3 is 20.2 Å². The number of hydrogen-bond acceptors (Lipinski definition) is 7. The van der Waals surface area contributed by atoms with E-state index in [0.717, 1.165) is 19.3 Å². The SMILES string of the molecule is N=C([O-])c1ccc(C(F)(F)F)cc1C(F)(F)F.O=S(=O)(O)c1ccc(N2CCOCC2)nc1. The Morgan fingerprint density at radius 1 is 1.06 bits per heavy atom. The van der Waals surface area contributed by atoms with Gasteiger partial charge in [0.1, 0.15) is 10.7 Å². The first-order valence-electron chi connectivity index (χ1n) is 8.91. The minimum Gasteiger partial charge on any atom is -0.859 e. The zero-order chi connectivity index (χ0) is 25.0. The van der Waals surface area contributed by atoms with Gasteiger partial charge >= 0.3 is 12.4 Å². The van der Waals surface area contributed by atoms with Crippen molar-refractivity contribution in [3.63, 3.8) is 0 Å². The van der Waals surface area contributed by atoms with Crippen LogP contribution in [0.15, 0.2) is 41.4 Å². The maximum absolute atomic E-state index is 12.4. The Labute approximate surface area is 183 Å². The highest BCUT2D eigenvalue weighted by Gasteiger charge is 2.38. The fourth-order valence-electron chi connectivity index (χ4n) is 2.66. The molecular weight excluding hydrogens is 484 g/mol. The first kappa shape index (κ1) is 26.3. The maximum atomic E-state index is 12.4. The molecule has 3 rings (SSSR count). The summed E-state index contributed by atoms with van der Waals surface area (Å²) in [6, 6.07) is 3.42. The van der Waals surface area contributed by atoms with Gasteiger partial charge in [0.05, 0.1) is 30.5 Å². The summed E-state index contributed by atoms with van der Waals surface area (Å²) in [4.78, 5) is 5.81. The van der Waals surface area contributed by atoms with Crippen molar-refractivity contribution in [1.29, 1.82) is 5.41 Å². The van der Waals surface area contributed by atoms with Gasteiger partial charge in [-0.05, 0) is 35.7 Å². The van der Waals surface area contributed by atoms with Crippen LogP contribution in [-0.2, 0) is 27.2 Å². The molecule has 33 heavy (non-hydrogen) atoms. The van der Waals surface area contributed by atoms with Crippen LogP contribution in [0.25, 0.3) is 0 Å². The number of halogens is 6. The molecule has 1 saturated heterocycles. The van der Waals surface area contributed by atoms with Gasteiger partial charge in [0.25, 0.3) is 10.1 Å². The molecule has 182 valence electrons. The zero-order valence-electron chi connectivity index (χ0n) is 16.4. The molecule has 8 nitrogen and oxygen atoms in total. The van der Waals surface area contributed by atoms with Crippen molar-refractivity contribution >= 4 is 21.8 Å². The molecule has 0 atom stereocenters. The molecule has 0 aliphatic carbocycles. The third-order valence-corrected chi connectivity index (χ3v) is 5.09. The summed E-state index contributed by atoms with van der Waals surface area (Å²) in [5.41, 5.74) is -4.38. The molecule has 0 amide bonds. The summed E-state index contributed by atoms with van der Waals surface area (Å²) in [6.07, 6.45) is -8.91. The first-order chi connectivity index (χ1) is 15.1. The molecule has 0 bridgehead atoms. The number of alkyl halides is 6. The number of hydrogen-bond donors (Lipinski definition) is 2. The number of ether oxygens (including phenoxy) is 1. The number of benzene rings is 1. The number of anilines is 1. The molecule has 1 fully saturated rings. The Morgan fingerprint density at radius 2 is 1.67 bits per heavy atom. The van der Waals surface area contributed by atoms with E-state index in [1.54, 1.807) is 6.07 Å². The van der Waals surface area contributed by atoms with E-state index in [1.165, 1.54) is 6.07 Å². The second-order valence-corrected chi connectivity index (χ2v) is 7.93. The topological polar surface area (TPSA) is 127 Å². The van der Waals surface area contributed by atoms with Crippen LogP contribution >= 0.6 is 0 Å². The molecule has 0 saturated carbocycles. The number of nitrogens with one attached hydrogen (secondary N) is 1. The van der Waals surface area contributed by atoms with E-state index in [4.69, 9.17) is 14.7 Å². The summed E-state index contributed by atoms with van der Waals surface area (Å²) < 4.78 is 109. The van der Waals surface area contributed by atoms with Gasteiger partial charge in [-0.2, -0.15) is 34.8 Å². The lowest BCUT2D eigenvalue weighted by Gasteiger charge is -2.27. The summed E-state index contributed by atoms with van der Waals surface area (Å²) in [7, 11) is -4.16. The fraction of sp³-hybridized carbons (Fsp3) is 0.333. The Kier molecular flexibility index (Phi) is 7.92. The van der Waals surface area contributed by atoms with Gasteiger partial charge in [0.2, 0.25) is 0 Å². The van der Waals surface area contributed by atoms with E-state index < -0.39 is 45.1 Å². The molecular formula is C18H16F6N3O5S-. The fourth-order valence-corrected chi connectivity index (χ4v) is 3.08. The van der Waals surface area contributed by atoms with Crippen molar-refractivity contribution in [3.8, 4) is 0 Å². The summed E-state index contributed by atoms with van der Waals surface area (Å²) in [5, 5.41) is 17.1. The van der Waals surface area contributed by atoms with E-state index in [0.29, 0.717) is 31.2 Å². The van der Waals surface area contributed by atoms with Crippen molar-refractivity contribution in [2.24, 2.45) is 0 Å². The Bertz CT molecular complexity index is 1080. The number of morpholine rings is 1. The molecule has 1 aliphatic heterocycles. The Morgan fingerprint density at radius 3 is 2.09 bits per heavy atom. The van der Waals surface area contributed by atoms with Crippen molar-refractivity contribution in [3.05, 3.63) is 53.2 Å². The molecule has 1 aliphatic rings. The normalized spacial score (nSPS) is 14.9. The number of aromatic nitrogens is 1. The Hall–Kier alpha value is -2.91. The van der Waals surface area contributed by atoms with Crippen LogP contribution in [-0.4, -0.2) is 50.2 Å². The van der Waals surface area contributed by atoms with Crippen LogP contribution in [0.1, 0.15) is 16.7 Å². The van der Waals surface area contributed by atoms with Gasteiger partial charge in [-0.25, -0.2) is 4.98 Å². The second-order valence-electron chi connectivity index (χ2n) is 6.51. The van der Waals surface area contributed by atoms with E-state index in [-0.39, 0.29) is 11.0 Å². The van der Waals surface area contributed by atoms with Crippen LogP contribution in [0.2, 0.25) is 0 Å². The van der Waals surface area contributed by atoms with Crippen molar-refractivity contribution in [2.75, 3.05) is 31.2 Å². The predicted molar refractivity (Wildman–Crippen MR) is 100 cm³/mol. The standard InChI is InChI=1S/C9H5F6NO.C9H12N2O4S/c10-8(11,12)4-1-2-5(7(16)17)6(3-4)9(13,14)15;12-16(13,14)8-1-2-9(10-7-8)11-3-5-15-6-4-11/h1-3H,(H2,16,17);1-2,7H,3-6H2,(H,12,13,14)/p-1. The van der Waals surface area contributed by atoms with Crippen LogP contribution < -0.4 is 10.0 Å². The highest BCUT2D eigenvalue weighted by Crippen LogP contribution is 2.37. The lowest BCUT2D eigenvalue weighted by molar-refractivity contribution is -0.215. The Balaban J connectivity index is 0.000000234. The van der Waals surface area contributed by atoms with Crippen LogP contribution in [0, 0.1) is 5.41 Å². The molecule has 1 aromatic heterocycles. The number of pyridine rings is 1. The lowest BCUT2D eigenvalue weighted by atomic mass is 10.0. The van der Waals surface area contributed by atoms with E-state index in [2.05, 4.69) is 4.98 Å². The van der Waals surface area contributed by atoms with Crippen LogP contribution in [0.4, 0.5) is 32.2 Å². The van der Waals surface area contributed by atoms with Crippen molar-refractivity contribution in [1.82, 2.24) is 4.98 Å². The average Bonchev–Trinajstić information content (AvgIpc) is 2.72. The molecule has 2 heterocycles. The highest BCUT2D eigenvalue weighted by atomic mass is 32.2. The minimum atomic E-state index is -5.12. The van der Waals surface area contributed by atoms with Crippen LogP contribution in [0.3, 0.4) is 0 Å². The van der Waals surface area contributed by atoms with E-state index >= 15 is 0 Å². The molecule has 0 spiro atoms. The third kappa shape index (κ3) is 7.30. The van der Waals surface area contributed by atoms with Crippen molar-refractivity contribution < 1.29 is 49.2 Å². The zero-order valence-corrected chi connectivity index (χ0v) is 17.3. The monoisotopic (exact) mass is 500 g/mol. The minimum absolute atomic E-state index is 0.179. The molecule has 15 heteroatoms. The summed E-state index contributed by atoms with van der Waals surface area (Å²) in [5.74, 6) is -0.998.